The molecule has 1 saturated carbocycles. The fourth-order valence-corrected chi connectivity index (χ4v) is 4.68. The van der Waals surface area contributed by atoms with Gasteiger partial charge >= 0.3 is 0 Å². The predicted molar refractivity (Wildman–Crippen MR) is 127 cm³/mol. The Hall–Kier alpha value is -2.28. The molecule has 5 nitrogen and oxygen atoms in total. The van der Waals surface area contributed by atoms with Gasteiger partial charge in [0.25, 0.3) is 5.91 Å². The summed E-state index contributed by atoms with van der Waals surface area (Å²) in [5.74, 6) is 0.00513. The topological polar surface area (TPSA) is 50.8 Å². The number of ether oxygens (including phenoxy) is 2. The Labute approximate surface area is 190 Å². The molecular formula is C25H32N2O3S. The first-order valence-corrected chi connectivity index (χ1v) is 11.3. The van der Waals surface area contributed by atoms with E-state index in [0.717, 1.165) is 37.7 Å². The van der Waals surface area contributed by atoms with Gasteiger partial charge in [-0.25, -0.2) is 0 Å². The molecule has 1 fully saturated rings. The maximum absolute atomic E-state index is 13.8. The van der Waals surface area contributed by atoms with Crippen molar-refractivity contribution < 1.29 is 14.3 Å². The first-order valence-electron chi connectivity index (χ1n) is 10.9. The van der Waals surface area contributed by atoms with E-state index in [0.29, 0.717) is 23.6 Å². The van der Waals surface area contributed by atoms with E-state index in [4.69, 9.17) is 21.7 Å². The fraction of sp³-hybridized carbons (Fsp3) is 0.440. The van der Waals surface area contributed by atoms with Crippen LogP contribution in [0, 0.1) is 0 Å². The second-order valence-electron chi connectivity index (χ2n) is 7.95. The van der Waals surface area contributed by atoms with E-state index in [1.807, 2.05) is 53.4 Å². The van der Waals surface area contributed by atoms with Gasteiger partial charge in [-0.3, -0.25) is 4.79 Å². The van der Waals surface area contributed by atoms with Crippen molar-refractivity contribution in [1.29, 1.82) is 0 Å². The van der Waals surface area contributed by atoms with E-state index in [1.165, 1.54) is 0 Å². The summed E-state index contributed by atoms with van der Waals surface area (Å²) in [5.41, 5.74) is 1.23. The van der Waals surface area contributed by atoms with Gasteiger partial charge in [0.05, 0.1) is 12.1 Å². The molecule has 166 valence electrons. The zero-order chi connectivity index (χ0) is 22.1. The van der Waals surface area contributed by atoms with E-state index in [2.05, 4.69) is 17.4 Å². The van der Waals surface area contributed by atoms with Gasteiger partial charge in [-0.2, -0.15) is 0 Å². The number of amides is 1. The monoisotopic (exact) mass is 440 g/mol. The van der Waals surface area contributed by atoms with Gasteiger partial charge in [0, 0.05) is 26.3 Å². The zero-order valence-electron chi connectivity index (χ0n) is 18.4. The second kappa shape index (κ2) is 11.4. The third-order valence-electron chi connectivity index (χ3n) is 6.02. The van der Waals surface area contributed by atoms with Gasteiger partial charge in [-0.05, 0) is 30.5 Å². The van der Waals surface area contributed by atoms with E-state index >= 15 is 0 Å². The highest BCUT2D eigenvalue weighted by Crippen LogP contribution is 2.37. The smallest absolute Gasteiger partial charge is 0.254 e. The summed E-state index contributed by atoms with van der Waals surface area (Å²) >= 11 is 5.95. The summed E-state index contributed by atoms with van der Waals surface area (Å²) in [6.45, 7) is 0.945. The molecule has 1 amide bonds. The van der Waals surface area contributed by atoms with Crippen molar-refractivity contribution >= 4 is 23.1 Å². The molecule has 3 rings (SSSR count). The van der Waals surface area contributed by atoms with Crippen molar-refractivity contribution in [2.45, 2.75) is 50.5 Å². The van der Waals surface area contributed by atoms with Crippen molar-refractivity contribution in [3.8, 4) is 0 Å². The molecule has 0 aromatic heterocycles. The summed E-state index contributed by atoms with van der Waals surface area (Å²) in [6, 6.07) is 19.6. The summed E-state index contributed by atoms with van der Waals surface area (Å²) in [5, 5.41) is 3.36. The molecule has 0 spiro atoms. The lowest BCUT2D eigenvalue weighted by molar-refractivity contribution is -0.0967. The highest BCUT2D eigenvalue weighted by atomic mass is 32.1. The van der Waals surface area contributed by atoms with Crippen molar-refractivity contribution in [1.82, 2.24) is 10.2 Å². The molecule has 1 N–H and O–H groups in total. The van der Waals surface area contributed by atoms with Crippen LogP contribution in [-0.4, -0.2) is 48.4 Å². The molecule has 0 heterocycles. The van der Waals surface area contributed by atoms with Crippen molar-refractivity contribution in [2.24, 2.45) is 0 Å². The van der Waals surface area contributed by atoms with Crippen molar-refractivity contribution in [2.75, 3.05) is 20.8 Å². The quantitative estimate of drug-likeness (QED) is 0.457. The van der Waals surface area contributed by atoms with Crippen LogP contribution >= 0.6 is 12.2 Å². The van der Waals surface area contributed by atoms with Gasteiger partial charge in [0.2, 0.25) is 0 Å². The average Bonchev–Trinajstić information content (AvgIpc) is 2.84. The number of carbonyl (C=O) groups excluding carboxylic acids is 1. The Morgan fingerprint density at radius 2 is 1.58 bits per heavy atom. The van der Waals surface area contributed by atoms with E-state index < -0.39 is 11.8 Å². The molecule has 1 aliphatic carbocycles. The Morgan fingerprint density at radius 1 is 1.00 bits per heavy atom. The van der Waals surface area contributed by atoms with Crippen LogP contribution in [0.15, 0.2) is 60.7 Å². The molecule has 0 radical (unpaired) electrons. The average molecular weight is 441 g/mol. The lowest BCUT2D eigenvalue weighted by atomic mass is 9.79. The molecule has 0 bridgehead atoms. The summed E-state index contributed by atoms with van der Waals surface area (Å²) in [4.78, 5) is 16.5. The van der Waals surface area contributed by atoms with Crippen molar-refractivity contribution in [3.05, 3.63) is 71.8 Å². The minimum absolute atomic E-state index is 0.00513. The number of thiocarbonyl (C=S) groups is 1. The third-order valence-corrected chi connectivity index (χ3v) is 6.55. The number of hydrogen-bond donors (Lipinski definition) is 1. The van der Waals surface area contributed by atoms with Crippen LogP contribution in [0.2, 0.25) is 0 Å². The molecule has 6 heteroatoms. The standard InChI is InChI=1S/C25H32N2O3S/c1-29-22(30-2)18-26-24(31)25(16-10-5-11-17-25)27(19-20-12-6-3-7-13-20)23(28)21-14-8-4-9-15-21/h3-4,6-9,12-15,22H,5,10-11,16-19H2,1-2H3,(H,26,31). The summed E-state index contributed by atoms with van der Waals surface area (Å²) in [7, 11) is 3.21. The maximum atomic E-state index is 13.8. The predicted octanol–water partition coefficient (Wildman–Crippen LogP) is 4.57. The molecule has 2 aromatic rings. The van der Waals surface area contributed by atoms with Crippen LogP contribution in [0.5, 0.6) is 0 Å². The molecular weight excluding hydrogens is 408 g/mol. The molecule has 0 unspecified atom stereocenters. The molecule has 0 atom stereocenters. The highest BCUT2D eigenvalue weighted by Gasteiger charge is 2.44. The number of benzene rings is 2. The van der Waals surface area contributed by atoms with E-state index in [-0.39, 0.29) is 5.91 Å². The number of hydrogen-bond acceptors (Lipinski definition) is 4. The second-order valence-corrected chi connectivity index (χ2v) is 8.35. The lowest BCUT2D eigenvalue weighted by Crippen LogP contribution is -2.61. The SMILES string of the molecule is COC(CNC(=S)C1(N(Cc2ccccc2)C(=O)c2ccccc2)CCCCC1)OC. The Morgan fingerprint density at radius 3 is 2.16 bits per heavy atom. The number of nitrogens with one attached hydrogen (secondary N) is 1. The largest absolute Gasteiger partial charge is 0.373 e. The first kappa shape index (κ1) is 23.4. The molecule has 0 saturated heterocycles. The minimum Gasteiger partial charge on any atom is -0.373 e. The number of carbonyl (C=O) groups is 1. The first-order chi connectivity index (χ1) is 15.1. The molecule has 2 aromatic carbocycles. The van der Waals surface area contributed by atoms with Gasteiger partial charge in [-0.1, -0.05) is 80.0 Å². The normalized spacial score (nSPS) is 15.5. The van der Waals surface area contributed by atoms with E-state index in [9.17, 15) is 4.79 Å². The minimum atomic E-state index is -0.539. The van der Waals surface area contributed by atoms with E-state index in [1.54, 1.807) is 14.2 Å². The number of rotatable bonds is 9. The highest BCUT2D eigenvalue weighted by molar-refractivity contribution is 7.80. The van der Waals surface area contributed by atoms with Crippen LogP contribution in [0.3, 0.4) is 0 Å². The van der Waals surface area contributed by atoms with Crippen LogP contribution < -0.4 is 5.32 Å². The lowest BCUT2D eigenvalue weighted by Gasteiger charge is -2.47. The van der Waals surface area contributed by atoms with Crippen molar-refractivity contribution in [3.63, 3.8) is 0 Å². The van der Waals surface area contributed by atoms with Crippen LogP contribution in [0.25, 0.3) is 0 Å². The Balaban J connectivity index is 1.96. The van der Waals surface area contributed by atoms with Gasteiger partial charge in [-0.15, -0.1) is 0 Å². The number of nitrogens with zero attached hydrogens (tertiary/aromatic N) is 1. The third kappa shape index (κ3) is 5.70. The number of methoxy groups -OCH3 is 2. The zero-order valence-corrected chi connectivity index (χ0v) is 19.2. The Bertz CT molecular complexity index is 834. The van der Waals surface area contributed by atoms with Gasteiger partial charge in [0.1, 0.15) is 4.99 Å². The summed E-state index contributed by atoms with van der Waals surface area (Å²) < 4.78 is 10.6. The molecule has 1 aliphatic rings. The molecule has 0 aliphatic heterocycles. The maximum Gasteiger partial charge on any atom is 0.254 e. The fourth-order valence-electron chi connectivity index (χ4n) is 4.28. The van der Waals surface area contributed by atoms with Gasteiger partial charge < -0.3 is 19.7 Å². The van der Waals surface area contributed by atoms with Gasteiger partial charge in [0.15, 0.2) is 6.29 Å². The Kier molecular flexibility index (Phi) is 8.58. The molecule has 31 heavy (non-hydrogen) atoms. The summed E-state index contributed by atoms with van der Waals surface area (Å²) in [6.07, 6.45) is 4.51. The van der Waals surface area contributed by atoms with Crippen LogP contribution in [0.4, 0.5) is 0 Å². The van der Waals surface area contributed by atoms with Crippen LogP contribution in [0.1, 0.15) is 48.0 Å². The van der Waals surface area contributed by atoms with Crippen LogP contribution in [-0.2, 0) is 16.0 Å².